The molecule has 0 fully saturated rings. The van der Waals surface area contributed by atoms with Gasteiger partial charge >= 0.3 is 0 Å². The first-order chi connectivity index (χ1) is 14.4. The topological polar surface area (TPSA) is 102 Å². The number of nitrogens with zero attached hydrogens (tertiary/aromatic N) is 1. The van der Waals surface area contributed by atoms with Crippen molar-refractivity contribution in [3.8, 4) is 11.5 Å². The first-order valence-electron chi connectivity index (χ1n) is 9.52. The average molecular weight is 432 g/mol. The van der Waals surface area contributed by atoms with Crippen LogP contribution >= 0.6 is 0 Å². The Balaban J connectivity index is 1.45. The van der Waals surface area contributed by atoms with Crippen LogP contribution in [-0.2, 0) is 21.2 Å². The molecule has 2 aromatic carbocycles. The molecule has 0 saturated heterocycles. The summed E-state index contributed by atoms with van der Waals surface area (Å²) in [4.78, 5) is 24.4. The van der Waals surface area contributed by atoms with Crippen molar-refractivity contribution in [3.63, 3.8) is 0 Å². The van der Waals surface area contributed by atoms with E-state index in [0.29, 0.717) is 24.5 Å². The van der Waals surface area contributed by atoms with Gasteiger partial charge in [0.15, 0.2) is 11.5 Å². The maximum absolute atomic E-state index is 12.5. The maximum atomic E-state index is 12.5. The van der Waals surface area contributed by atoms with Crippen LogP contribution in [-0.4, -0.2) is 51.8 Å². The summed E-state index contributed by atoms with van der Waals surface area (Å²) in [5.41, 5.74) is 1.16. The van der Waals surface area contributed by atoms with Crippen molar-refractivity contribution < 1.29 is 27.5 Å². The molecule has 2 amide bonds. The molecule has 1 N–H and O–H groups in total. The third-order valence-corrected chi connectivity index (χ3v) is 6.70. The van der Waals surface area contributed by atoms with Gasteiger partial charge < -0.3 is 14.8 Å². The summed E-state index contributed by atoms with van der Waals surface area (Å²) in [6.45, 7) is 0.402. The molecule has 3 rings (SSSR count). The van der Waals surface area contributed by atoms with Crippen molar-refractivity contribution in [1.29, 1.82) is 0 Å². The van der Waals surface area contributed by atoms with Gasteiger partial charge in [-0.2, -0.15) is 0 Å². The maximum Gasteiger partial charge on any atom is 0.269 e. The lowest BCUT2D eigenvalue weighted by atomic mass is 10.1. The zero-order chi connectivity index (χ0) is 21.7. The highest BCUT2D eigenvalue weighted by Crippen LogP contribution is 2.30. The zero-order valence-electron chi connectivity index (χ0n) is 16.9. The minimum Gasteiger partial charge on any atom is -0.493 e. The lowest BCUT2D eigenvalue weighted by Crippen LogP contribution is -2.32. The van der Waals surface area contributed by atoms with Crippen molar-refractivity contribution in [2.45, 2.75) is 24.2 Å². The normalized spacial score (nSPS) is 14.3. The molecular weight excluding hydrogens is 408 g/mol. The Morgan fingerprint density at radius 3 is 2.50 bits per heavy atom. The largest absolute Gasteiger partial charge is 0.493 e. The third-order valence-electron chi connectivity index (χ3n) is 4.86. The van der Waals surface area contributed by atoms with Gasteiger partial charge in [0.2, 0.25) is 5.91 Å². The summed E-state index contributed by atoms with van der Waals surface area (Å²) < 4.78 is 36.3. The number of benzene rings is 2. The lowest BCUT2D eigenvalue weighted by Gasteiger charge is -2.14. The number of hydrogen-bond donors (Lipinski definition) is 1. The van der Waals surface area contributed by atoms with Gasteiger partial charge in [0.1, 0.15) is 4.90 Å². The van der Waals surface area contributed by atoms with E-state index in [1.165, 1.54) is 12.1 Å². The molecule has 0 unspecified atom stereocenters. The highest BCUT2D eigenvalue weighted by Gasteiger charge is 2.40. The molecule has 9 heteroatoms. The van der Waals surface area contributed by atoms with E-state index in [-0.39, 0.29) is 35.8 Å². The molecule has 0 saturated carbocycles. The van der Waals surface area contributed by atoms with E-state index in [9.17, 15) is 18.0 Å². The van der Waals surface area contributed by atoms with Gasteiger partial charge in [-0.05, 0) is 42.7 Å². The van der Waals surface area contributed by atoms with E-state index in [0.717, 1.165) is 9.87 Å². The van der Waals surface area contributed by atoms with E-state index < -0.39 is 15.9 Å². The summed E-state index contributed by atoms with van der Waals surface area (Å²) in [6, 6.07) is 11.7. The van der Waals surface area contributed by atoms with Crippen molar-refractivity contribution >= 4 is 21.8 Å². The Morgan fingerprint density at radius 2 is 1.80 bits per heavy atom. The van der Waals surface area contributed by atoms with Gasteiger partial charge in [0.05, 0.1) is 19.8 Å². The number of amides is 2. The van der Waals surface area contributed by atoms with Crippen molar-refractivity contribution in [3.05, 3.63) is 53.6 Å². The van der Waals surface area contributed by atoms with Crippen molar-refractivity contribution in [2.75, 3.05) is 27.3 Å². The van der Waals surface area contributed by atoms with Crippen LogP contribution in [0.2, 0.25) is 0 Å². The van der Waals surface area contributed by atoms with Crippen LogP contribution in [0.3, 0.4) is 0 Å². The van der Waals surface area contributed by atoms with Crippen molar-refractivity contribution in [2.24, 2.45) is 0 Å². The van der Waals surface area contributed by atoms with Crippen LogP contribution in [0.4, 0.5) is 0 Å². The molecule has 1 aliphatic rings. The predicted molar refractivity (Wildman–Crippen MR) is 110 cm³/mol. The van der Waals surface area contributed by atoms with Crippen LogP contribution in [0, 0.1) is 0 Å². The number of rotatable bonds is 9. The van der Waals surface area contributed by atoms with Gasteiger partial charge in [-0.1, -0.05) is 18.2 Å². The van der Waals surface area contributed by atoms with E-state index in [2.05, 4.69) is 5.32 Å². The van der Waals surface area contributed by atoms with E-state index in [1.54, 1.807) is 26.4 Å². The van der Waals surface area contributed by atoms with Gasteiger partial charge in [0, 0.05) is 19.5 Å². The Hall–Kier alpha value is -3.07. The molecule has 0 spiro atoms. The number of nitrogens with one attached hydrogen (secondary N) is 1. The predicted octanol–water partition coefficient (Wildman–Crippen LogP) is 1.99. The fourth-order valence-electron chi connectivity index (χ4n) is 3.31. The van der Waals surface area contributed by atoms with E-state index in [4.69, 9.17) is 9.47 Å². The first kappa shape index (κ1) is 21.6. The number of carbonyl (C=O) groups excluding carboxylic acids is 2. The van der Waals surface area contributed by atoms with Gasteiger partial charge in [-0.25, -0.2) is 12.7 Å². The SMILES string of the molecule is COc1ccc(CCNC(=O)CCCN2C(=O)c3ccccc3S2(=O)=O)cc1OC. The molecule has 0 aromatic heterocycles. The van der Waals surface area contributed by atoms with Gasteiger partial charge in [-0.15, -0.1) is 0 Å². The number of ether oxygens (including phenoxy) is 2. The first-order valence-corrected chi connectivity index (χ1v) is 11.0. The molecule has 8 nitrogen and oxygen atoms in total. The fourth-order valence-corrected chi connectivity index (χ4v) is 4.91. The highest BCUT2D eigenvalue weighted by atomic mass is 32.2. The number of hydrogen-bond acceptors (Lipinski definition) is 6. The van der Waals surface area contributed by atoms with Crippen LogP contribution in [0.25, 0.3) is 0 Å². The Bertz CT molecular complexity index is 1050. The molecule has 0 atom stereocenters. The smallest absolute Gasteiger partial charge is 0.269 e. The quantitative estimate of drug-likeness (QED) is 0.650. The molecule has 1 aliphatic heterocycles. The minimum absolute atomic E-state index is 0.0226. The van der Waals surface area contributed by atoms with Gasteiger partial charge in [0.25, 0.3) is 15.9 Å². The number of sulfonamides is 1. The second kappa shape index (κ2) is 9.17. The third kappa shape index (κ3) is 4.40. The van der Waals surface area contributed by atoms with Crippen LogP contribution in [0.15, 0.2) is 47.4 Å². The molecule has 30 heavy (non-hydrogen) atoms. The highest BCUT2D eigenvalue weighted by molar-refractivity contribution is 7.90. The number of fused-ring (bicyclic) bond motifs is 1. The van der Waals surface area contributed by atoms with E-state index >= 15 is 0 Å². The molecular formula is C21H24N2O6S. The molecule has 0 radical (unpaired) electrons. The zero-order valence-corrected chi connectivity index (χ0v) is 17.7. The summed E-state index contributed by atoms with van der Waals surface area (Å²) in [6.07, 6.45) is 0.989. The van der Waals surface area contributed by atoms with Crippen LogP contribution < -0.4 is 14.8 Å². The monoisotopic (exact) mass is 432 g/mol. The van der Waals surface area contributed by atoms with Crippen LogP contribution in [0.1, 0.15) is 28.8 Å². The summed E-state index contributed by atoms with van der Waals surface area (Å²) in [7, 11) is -0.699. The molecule has 0 aliphatic carbocycles. The minimum atomic E-state index is -3.83. The summed E-state index contributed by atoms with van der Waals surface area (Å²) >= 11 is 0. The lowest BCUT2D eigenvalue weighted by molar-refractivity contribution is -0.121. The van der Waals surface area contributed by atoms with Gasteiger partial charge in [-0.3, -0.25) is 9.59 Å². The Kier molecular flexibility index (Phi) is 6.61. The Morgan fingerprint density at radius 1 is 1.07 bits per heavy atom. The standard InChI is InChI=1S/C21H24N2O6S/c1-28-17-10-9-15(14-18(17)29-2)11-12-22-20(24)8-5-13-23-21(25)16-6-3-4-7-19(16)30(23,26)27/h3-4,6-7,9-10,14H,5,8,11-13H2,1-2H3,(H,22,24). The Labute approximate surface area is 175 Å². The second-order valence-corrected chi connectivity index (χ2v) is 8.60. The number of methoxy groups -OCH3 is 2. The fraction of sp³-hybridized carbons (Fsp3) is 0.333. The van der Waals surface area contributed by atoms with E-state index in [1.807, 2.05) is 18.2 Å². The molecule has 160 valence electrons. The molecule has 0 bridgehead atoms. The molecule has 1 heterocycles. The number of carbonyl (C=O) groups is 2. The molecule has 2 aromatic rings. The average Bonchev–Trinajstić information content (AvgIpc) is 2.94. The summed E-state index contributed by atoms with van der Waals surface area (Å²) in [5.74, 6) is 0.522. The summed E-state index contributed by atoms with van der Waals surface area (Å²) in [5, 5.41) is 2.81. The van der Waals surface area contributed by atoms with Crippen molar-refractivity contribution in [1.82, 2.24) is 9.62 Å². The second-order valence-electron chi connectivity index (χ2n) is 6.77. The van der Waals surface area contributed by atoms with Crippen LogP contribution in [0.5, 0.6) is 11.5 Å².